The lowest BCUT2D eigenvalue weighted by Crippen LogP contribution is -2.64. The molecule has 1 aromatic rings. The van der Waals surface area contributed by atoms with Gasteiger partial charge >= 0.3 is 0 Å². The molecule has 0 spiro atoms. The van der Waals surface area contributed by atoms with Gasteiger partial charge in [0.2, 0.25) is 5.91 Å². The van der Waals surface area contributed by atoms with Gasteiger partial charge in [-0.2, -0.15) is 0 Å². The van der Waals surface area contributed by atoms with Crippen molar-refractivity contribution in [2.24, 2.45) is 0 Å². The number of likely N-dealkylation sites (tertiary alicyclic amines) is 1. The second-order valence-corrected chi connectivity index (χ2v) is 4.84. The molecule has 0 unspecified atom stereocenters. The van der Waals surface area contributed by atoms with E-state index in [9.17, 15) is 4.79 Å². The van der Waals surface area contributed by atoms with Gasteiger partial charge in [-0.1, -0.05) is 5.21 Å². The number of rotatable bonds is 3. The highest BCUT2D eigenvalue weighted by Crippen LogP contribution is 2.15. The van der Waals surface area contributed by atoms with Crippen molar-refractivity contribution in [2.75, 3.05) is 39.3 Å². The average Bonchev–Trinajstić information content (AvgIpc) is 2.81. The number of hydrogen-bond acceptors (Lipinski definition) is 5. The van der Waals surface area contributed by atoms with Crippen molar-refractivity contribution in [1.29, 1.82) is 0 Å². The van der Waals surface area contributed by atoms with E-state index in [1.807, 2.05) is 4.90 Å². The summed E-state index contributed by atoms with van der Waals surface area (Å²) in [5, 5.41) is 10.8. The van der Waals surface area contributed by atoms with Crippen molar-refractivity contribution in [2.45, 2.75) is 12.6 Å². The van der Waals surface area contributed by atoms with Crippen LogP contribution in [0.5, 0.6) is 0 Å². The summed E-state index contributed by atoms with van der Waals surface area (Å²) in [5.74, 6) is 0.131. The maximum Gasteiger partial charge on any atom is 0.244 e. The van der Waals surface area contributed by atoms with E-state index in [2.05, 4.69) is 20.5 Å². The summed E-state index contributed by atoms with van der Waals surface area (Å²) in [6, 6.07) is 0.548. The highest BCUT2D eigenvalue weighted by Gasteiger charge is 2.34. The molecule has 2 saturated heterocycles. The molecule has 0 saturated carbocycles. The molecule has 2 aliphatic heterocycles. The standard InChI is InChI=1S/C11H18N6O/c18-11(9-17-6-3-13-14-17)16-7-10(8-16)15-4-1-12-2-5-15/h3,6,10,12H,1-2,4-5,7-9H2. The molecule has 3 heterocycles. The Morgan fingerprint density at radius 3 is 2.78 bits per heavy atom. The van der Waals surface area contributed by atoms with Crippen LogP contribution in [0.3, 0.4) is 0 Å². The van der Waals surface area contributed by atoms with Crippen molar-refractivity contribution >= 4 is 5.91 Å². The molecular formula is C11H18N6O. The summed E-state index contributed by atoms with van der Waals surface area (Å²) in [6.45, 7) is 6.31. The molecule has 18 heavy (non-hydrogen) atoms. The lowest BCUT2D eigenvalue weighted by atomic mass is 10.1. The fourth-order valence-corrected chi connectivity index (χ4v) is 2.49. The molecule has 0 bridgehead atoms. The van der Waals surface area contributed by atoms with E-state index in [-0.39, 0.29) is 5.91 Å². The number of piperazine rings is 1. The number of hydrogen-bond donors (Lipinski definition) is 1. The second-order valence-electron chi connectivity index (χ2n) is 4.84. The first kappa shape index (κ1) is 11.6. The van der Waals surface area contributed by atoms with Crippen LogP contribution in [0.2, 0.25) is 0 Å². The predicted octanol–water partition coefficient (Wildman–Crippen LogP) is -1.61. The summed E-state index contributed by atoms with van der Waals surface area (Å²) >= 11 is 0. The van der Waals surface area contributed by atoms with Gasteiger partial charge in [-0.05, 0) is 0 Å². The van der Waals surface area contributed by atoms with Gasteiger partial charge in [0, 0.05) is 51.5 Å². The molecule has 1 N–H and O–H groups in total. The lowest BCUT2D eigenvalue weighted by molar-refractivity contribution is -0.139. The van der Waals surface area contributed by atoms with Crippen LogP contribution in [0.4, 0.5) is 0 Å². The molecule has 98 valence electrons. The maximum atomic E-state index is 11.9. The van der Waals surface area contributed by atoms with Crippen molar-refractivity contribution < 1.29 is 4.79 Å². The highest BCUT2D eigenvalue weighted by molar-refractivity contribution is 5.76. The zero-order chi connectivity index (χ0) is 12.4. The van der Waals surface area contributed by atoms with Gasteiger partial charge in [0.15, 0.2) is 0 Å². The van der Waals surface area contributed by atoms with E-state index >= 15 is 0 Å². The fourth-order valence-electron chi connectivity index (χ4n) is 2.49. The molecule has 1 aromatic heterocycles. The zero-order valence-electron chi connectivity index (χ0n) is 10.3. The van der Waals surface area contributed by atoms with E-state index in [1.165, 1.54) is 0 Å². The Morgan fingerprint density at radius 2 is 2.11 bits per heavy atom. The molecule has 0 aliphatic carbocycles. The van der Waals surface area contributed by atoms with Gasteiger partial charge in [-0.3, -0.25) is 9.69 Å². The number of nitrogens with zero attached hydrogens (tertiary/aromatic N) is 5. The van der Waals surface area contributed by atoms with E-state index in [4.69, 9.17) is 0 Å². The Kier molecular flexibility index (Phi) is 3.24. The van der Waals surface area contributed by atoms with E-state index in [0.29, 0.717) is 12.6 Å². The number of carbonyl (C=O) groups excluding carboxylic acids is 1. The predicted molar refractivity (Wildman–Crippen MR) is 64.8 cm³/mol. The van der Waals surface area contributed by atoms with E-state index in [1.54, 1.807) is 17.1 Å². The Balaban J connectivity index is 1.45. The molecule has 1 amide bonds. The summed E-state index contributed by atoms with van der Waals surface area (Å²) in [7, 11) is 0. The normalized spacial score (nSPS) is 21.9. The van der Waals surface area contributed by atoms with Crippen LogP contribution in [-0.4, -0.2) is 76.0 Å². The minimum absolute atomic E-state index is 0.131. The Hall–Kier alpha value is -1.47. The third-order valence-corrected chi connectivity index (χ3v) is 3.65. The molecule has 2 fully saturated rings. The van der Waals surface area contributed by atoms with Crippen LogP contribution in [0.25, 0.3) is 0 Å². The first-order chi connectivity index (χ1) is 8.83. The minimum Gasteiger partial charge on any atom is -0.338 e. The average molecular weight is 250 g/mol. The lowest BCUT2D eigenvalue weighted by Gasteiger charge is -2.46. The molecule has 7 nitrogen and oxygen atoms in total. The molecule has 0 aromatic carbocycles. The first-order valence-corrected chi connectivity index (χ1v) is 6.39. The fraction of sp³-hybridized carbons (Fsp3) is 0.727. The van der Waals surface area contributed by atoms with Crippen LogP contribution in [-0.2, 0) is 11.3 Å². The number of amides is 1. The molecule has 0 radical (unpaired) electrons. The number of aromatic nitrogens is 3. The van der Waals surface area contributed by atoms with E-state index in [0.717, 1.165) is 39.3 Å². The third kappa shape index (κ3) is 2.37. The quantitative estimate of drug-likeness (QED) is 0.699. The van der Waals surface area contributed by atoms with Gasteiger partial charge in [0.05, 0.1) is 6.20 Å². The number of carbonyl (C=O) groups is 1. The molecule has 0 atom stereocenters. The van der Waals surface area contributed by atoms with Crippen molar-refractivity contribution in [3.8, 4) is 0 Å². The molecule has 7 heteroatoms. The van der Waals surface area contributed by atoms with Gasteiger partial charge < -0.3 is 10.2 Å². The van der Waals surface area contributed by atoms with Crippen LogP contribution in [0.15, 0.2) is 12.4 Å². The Morgan fingerprint density at radius 1 is 1.33 bits per heavy atom. The van der Waals surface area contributed by atoms with Crippen LogP contribution >= 0.6 is 0 Å². The highest BCUT2D eigenvalue weighted by atomic mass is 16.2. The van der Waals surface area contributed by atoms with Crippen molar-refractivity contribution in [3.05, 3.63) is 12.4 Å². The summed E-state index contributed by atoms with van der Waals surface area (Å²) in [6.07, 6.45) is 3.30. The van der Waals surface area contributed by atoms with Gasteiger partial charge in [0.1, 0.15) is 6.54 Å². The Bertz CT molecular complexity index is 394. The maximum absolute atomic E-state index is 11.9. The van der Waals surface area contributed by atoms with Crippen LogP contribution < -0.4 is 5.32 Å². The van der Waals surface area contributed by atoms with Crippen molar-refractivity contribution in [3.63, 3.8) is 0 Å². The Labute approximate surface area is 106 Å². The largest absolute Gasteiger partial charge is 0.338 e. The zero-order valence-corrected chi connectivity index (χ0v) is 10.3. The monoisotopic (exact) mass is 250 g/mol. The minimum atomic E-state index is 0.131. The second kappa shape index (κ2) is 5.03. The summed E-state index contributed by atoms with van der Waals surface area (Å²) in [4.78, 5) is 16.3. The van der Waals surface area contributed by atoms with E-state index < -0.39 is 0 Å². The summed E-state index contributed by atoms with van der Waals surface area (Å²) in [5.41, 5.74) is 0. The van der Waals surface area contributed by atoms with Crippen LogP contribution in [0, 0.1) is 0 Å². The molecular weight excluding hydrogens is 232 g/mol. The third-order valence-electron chi connectivity index (χ3n) is 3.65. The van der Waals surface area contributed by atoms with Crippen LogP contribution in [0.1, 0.15) is 0 Å². The van der Waals surface area contributed by atoms with Gasteiger partial charge in [0.25, 0.3) is 0 Å². The van der Waals surface area contributed by atoms with Crippen molar-refractivity contribution in [1.82, 2.24) is 30.1 Å². The number of nitrogens with one attached hydrogen (secondary N) is 1. The summed E-state index contributed by atoms with van der Waals surface area (Å²) < 4.78 is 1.57. The topological polar surface area (TPSA) is 66.3 Å². The first-order valence-electron chi connectivity index (χ1n) is 6.39. The molecule has 2 aliphatic rings. The van der Waals surface area contributed by atoms with Gasteiger partial charge in [-0.25, -0.2) is 4.68 Å². The smallest absolute Gasteiger partial charge is 0.244 e. The van der Waals surface area contributed by atoms with Gasteiger partial charge in [-0.15, -0.1) is 5.10 Å². The SMILES string of the molecule is O=C(Cn1ccnn1)N1CC(N2CCNCC2)C1. The molecule has 3 rings (SSSR count).